The first-order valence-electron chi connectivity index (χ1n) is 8.05. The molecule has 0 spiro atoms. The van der Waals surface area contributed by atoms with Crippen molar-refractivity contribution in [3.05, 3.63) is 29.8 Å². The fourth-order valence-corrected chi connectivity index (χ4v) is 3.73. The SMILES string of the molecule is Cc1ccc(S(=O)(=O)NC(=O)N2CCN(CC3CC3)CC2)cc1. The molecule has 1 saturated carbocycles. The van der Waals surface area contributed by atoms with Crippen molar-refractivity contribution in [1.29, 1.82) is 0 Å². The van der Waals surface area contributed by atoms with Crippen LogP contribution in [0.15, 0.2) is 29.2 Å². The zero-order valence-corrected chi connectivity index (χ0v) is 14.2. The van der Waals surface area contributed by atoms with E-state index in [9.17, 15) is 13.2 Å². The van der Waals surface area contributed by atoms with E-state index in [0.717, 1.165) is 31.1 Å². The highest BCUT2D eigenvalue weighted by molar-refractivity contribution is 7.90. The van der Waals surface area contributed by atoms with E-state index < -0.39 is 16.1 Å². The lowest BCUT2D eigenvalue weighted by Gasteiger charge is -2.34. The van der Waals surface area contributed by atoms with Gasteiger partial charge in [0.25, 0.3) is 10.0 Å². The number of rotatable bonds is 4. The fraction of sp³-hybridized carbons (Fsp3) is 0.562. The van der Waals surface area contributed by atoms with Crippen LogP contribution >= 0.6 is 0 Å². The first-order chi connectivity index (χ1) is 10.9. The van der Waals surface area contributed by atoms with Crippen molar-refractivity contribution >= 4 is 16.1 Å². The molecule has 2 amide bonds. The molecule has 0 radical (unpaired) electrons. The number of sulfonamides is 1. The average molecular weight is 337 g/mol. The zero-order chi connectivity index (χ0) is 16.4. The van der Waals surface area contributed by atoms with E-state index in [-0.39, 0.29) is 4.90 Å². The van der Waals surface area contributed by atoms with Crippen LogP contribution in [0.2, 0.25) is 0 Å². The third-order valence-electron chi connectivity index (χ3n) is 4.43. The van der Waals surface area contributed by atoms with Gasteiger partial charge in [-0.25, -0.2) is 17.9 Å². The van der Waals surface area contributed by atoms with Gasteiger partial charge in [0.15, 0.2) is 0 Å². The van der Waals surface area contributed by atoms with Crippen LogP contribution in [0.5, 0.6) is 0 Å². The Hall–Kier alpha value is -1.60. The summed E-state index contributed by atoms with van der Waals surface area (Å²) in [6, 6.07) is 5.93. The number of carbonyl (C=O) groups excluding carboxylic acids is 1. The summed E-state index contributed by atoms with van der Waals surface area (Å²) in [7, 11) is -3.80. The summed E-state index contributed by atoms with van der Waals surface area (Å²) in [4.78, 5) is 16.3. The summed E-state index contributed by atoms with van der Waals surface area (Å²) < 4.78 is 26.7. The molecule has 2 fully saturated rings. The van der Waals surface area contributed by atoms with Gasteiger partial charge in [-0.1, -0.05) is 17.7 Å². The van der Waals surface area contributed by atoms with E-state index in [0.29, 0.717) is 13.1 Å². The van der Waals surface area contributed by atoms with Crippen molar-refractivity contribution < 1.29 is 13.2 Å². The van der Waals surface area contributed by atoms with Crippen LogP contribution in [-0.4, -0.2) is 57.0 Å². The number of urea groups is 1. The molecular formula is C16H23N3O3S. The summed E-state index contributed by atoms with van der Waals surface area (Å²) in [5.74, 6) is 0.831. The molecule has 6 nitrogen and oxygen atoms in total. The molecule has 0 bridgehead atoms. The van der Waals surface area contributed by atoms with Gasteiger partial charge in [-0.3, -0.25) is 4.90 Å². The van der Waals surface area contributed by atoms with Crippen molar-refractivity contribution in [2.45, 2.75) is 24.7 Å². The van der Waals surface area contributed by atoms with Crippen molar-refractivity contribution in [3.8, 4) is 0 Å². The van der Waals surface area contributed by atoms with Crippen LogP contribution in [0.4, 0.5) is 4.79 Å². The largest absolute Gasteiger partial charge is 0.331 e. The molecule has 126 valence electrons. The highest BCUT2D eigenvalue weighted by Crippen LogP contribution is 2.29. The Balaban J connectivity index is 1.55. The van der Waals surface area contributed by atoms with E-state index in [1.54, 1.807) is 17.0 Å². The summed E-state index contributed by atoms with van der Waals surface area (Å²) in [6.07, 6.45) is 2.63. The standard InChI is InChI=1S/C16H23N3O3S/c1-13-2-6-15(7-3-13)23(21,22)17-16(20)19-10-8-18(9-11-19)12-14-4-5-14/h2-3,6-7,14H,4-5,8-12H2,1H3,(H,17,20). The highest BCUT2D eigenvalue weighted by atomic mass is 32.2. The number of nitrogens with one attached hydrogen (secondary N) is 1. The van der Waals surface area contributed by atoms with Crippen LogP contribution in [0, 0.1) is 12.8 Å². The summed E-state index contributed by atoms with van der Waals surface area (Å²) in [6.45, 7) is 5.76. The van der Waals surface area contributed by atoms with Gasteiger partial charge in [0.2, 0.25) is 0 Å². The fourth-order valence-electron chi connectivity index (χ4n) is 2.75. The van der Waals surface area contributed by atoms with Gasteiger partial charge in [0.05, 0.1) is 4.90 Å². The Kier molecular flexibility index (Phi) is 4.59. The number of nitrogens with zero attached hydrogens (tertiary/aromatic N) is 2. The number of hydrogen-bond acceptors (Lipinski definition) is 4. The van der Waals surface area contributed by atoms with Gasteiger partial charge in [-0.05, 0) is 37.8 Å². The topological polar surface area (TPSA) is 69.7 Å². The normalized spacial score (nSPS) is 19.6. The van der Waals surface area contributed by atoms with E-state index in [4.69, 9.17) is 0 Å². The molecule has 1 heterocycles. The summed E-state index contributed by atoms with van der Waals surface area (Å²) in [5, 5.41) is 0. The van der Waals surface area contributed by atoms with E-state index >= 15 is 0 Å². The molecular weight excluding hydrogens is 314 g/mol. The quantitative estimate of drug-likeness (QED) is 0.902. The first-order valence-corrected chi connectivity index (χ1v) is 9.53. The molecule has 0 aromatic heterocycles. The molecule has 3 rings (SSSR count). The molecule has 1 aliphatic heterocycles. The smallest absolute Gasteiger partial charge is 0.321 e. The second-order valence-corrected chi connectivity index (χ2v) is 8.14. The number of benzene rings is 1. The summed E-state index contributed by atoms with van der Waals surface area (Å²) in [5.41, 5.74) is 0.974. The minimum absolute atomic E-state index is 0.115. The van der Waals surface area contributed by atoms with Crippen LogP contribution < -0.4 is 4.72 Å². The Morgan fingerprint density at radius 2 is 1.74 bits per heavy atom. The van der Waals surface area contributed by atoms with Crippen molar-refractivity contribution in [3.63, 3.8) is 0 Å². The number of amides is 2. The zero-order valence-electron chi connectivity index (χ0n) is 13.4. The minimum Gasteiger partial charge on any atom is -0.321 e. The van der Waals surface area contributed by atoms with Gasteiger partial charge in [-0.15, -0.1) is 0 Å². The number of piperazine rings is 1. The molecule has 1 aliphatic carbocycles. The van der Waals surface area contributed by atoms with Gasteiger partial charge in [0, 0.05) is 32.7 Å². The lowest BCUT2D eigenvalue weighted by Crippen LogP contribution is -2.52. The lowest BCUT2D eigenvalue weighted by molar-refractivity contribution is 0.139. The maximum absolute atomic E-state index is 12.2. The average Bonchev–Trinajstić information content (AvgIpc) is 3.32. The number of hydrogen-bond donors (Lipinski definition) is 1. The van der Waals surface area contributed by atoms with Gasteiger partial charge < -0.3 is 4.90 Å². The van der Waals surface area contributed by atoms with Crippen LogP contribution in [0.3, 0.4) is 0 Å². The highest BCUT2D eigenvalue weighted by Gasteiger charge is 2.29. The third-order valence-corrected chi connectivity index (χ3v) is 5.76. The Morgan fingerprint density at radius 1 is 1.13 bits per heavy atom. The van der Waals surface area contributed by atoms with E-state index in [1.807, 2.05) is 6.92 Å². The Bertz CT molecular complexity index is 660. The maximum atomic E-state index is 12.2. The lowest BCUT2D eigenvalue weighted by atomic mass is 10.2. The van der Waals surface area contributed by atoms with Gasteiger partial charge >= 0.3 is 6.03 Å². The Morgan fingerprint density at radius 3 is 2.30 bits per heavy atom. The van der Waals surface area contributed by atoms with Crippen LogP contribution in [-0.2, 0) is 10.0 Å². The summed E-state index contributed by atoms with van der Waals surface area (Å²) >= 11 is 0. The van der Waals surface area contributed by atoms with E-state index in [1.165, 1.54) is 25.0 Å². The second kappa shape index (κ2) is 6.49. The van der Waals surface area contributed by atoms with Crippen molar-refractivity contribution in [2.75, 3.05) is 32.7 Å². The molecule has 23 heavy (non-hydrogen) atoms. The molecule has 0 atom stereocenters. The van der Waals surface area contributed by atoms with Crippen LogP contribution in [0.1, 0.15) is 18.4 Å². The molecule has 2 aliphatic rings. The van der Waals surface area contributed by atoms with Gasteiger partial charge in [0.1, 0.15) is 0 Å². The first kappa shape index (κ1) is 16.3. The maximum Gasteiger partial charge on any atom is 0.331 e. The molecule has 0 unspecified atom stereocenters. The van der Waals surface area contributed by atoms with Crippen molar-refractivity contribution in [2.24, 2.45) is 5.92 Å². The van der Waals surface area contributed by atoms with Crippen LogP contribution in [0.25, 0.3) is 0 Å². The third kappa shape index (κ3) is 4.23. The predicted octanol–water partition coefficient (Wildman–Crippen LogP) is 1.42. The van der Waals surface area contributed by atoms with E-state index in [2.05, 4.69) is 9.62 Å². The molecule has 1 saturated heterocycles. The van der Waals surface area contributed by atoms with Crippen molar-refractivity contribution in [1.82, 2.24) is 14.5 Å². The molecule has 1 aromatic rings. The monoisotopic (exact) mass is 337 g/mol. The number of carbonyl (C=O) groups is 1. The second-order valence-electron chi connectivity index (χ2n) is 6.45. The van der Waals surface area contributed by atoms with Gasteiger partial charge in [-0.2, -0.15) is 0 Å². The molecule has 1 N–H and O–H groups in total. The molecule has 7 heteroatoms. The minimum atomic E-state index is -3.80. The molecule has 1 aromatic carbocycles. The Labute approximate surface area is 137 Å². The number of aryl methyl sites for hydroxylation is 1. The predicted molar refractivity (Wildman–Crippen MR) is 87.6 cm³/mol.